The van der Waals surface area contributed by atoms with Crippen LogP contribution in [0.25, 0.3) is 0 Å². The van der Waals surface area contributed by atoms with Crippen LogP contribution in [-0.2, 0) is 14.3 Å². The zero-order chi connectivity index (χ0) is 38.1. The van der Waals surface area contributed by atoms with Crippen molar-refractivity contribution in [1.82, 2.24) is 5.32 Å². The first-order chi connectivity index (χ1) is 25.3. The van der Waals surface area contributed by atoms with Crippen LogP contribution in [0.5, 0.6) is 0 Å². The molecule has 1 heterocycles. The third-order valence-corrected chi connectivity index (χ3v) is 10.6. The lowest BCUT2D eigenvalue weighted by atomic mass is 9.99. The lowest BCUT2D eigenvalue weighted by molar-refractivity contribution is -0.302. The molecule has 1 fully saturated rings. The van der Waals surface area contributed by atoms with Crippen molar-refractivity contribution >= 4 is 5.91 Å². The van der Waals surface area contributed by atoms with Gasteiger partial charge >= 0.3 is 0 Å². The van der Waals surface area contributed by atoms with E-state index in [1.807, 2.05) is 6.08 Å². The molecule has 0 spiro atoms. The minimum absolute atomic E-state index is 0.176. The van der Waals surface area contributed by atoms with Gasteiger partial charge in [-0.1, -0.05) is 187 Å². The molecular formula is C43H83NO8. The van der Waals surface area contributed by atoms with Gasteiger partial charge in [-0.3, -0.25) is 4.79 Å². The molecule has 0 aliphatic carbocycles. The molecule has 0 aromatic rings. The van der Waals surface area contributed by atoms with Crippen molar-refractivity contribution < 1.29 is 39.8 Å². The van der Waals surface area contributed by atoms with Crippen LogP contribution in [0.3, 0.4) is 0 Å². The predicted octanol–water partition coefficient (Wildman–Crippen LogP) is 8.56. The zero-order valence-corrected chi connectivity index (χ0v) is 33.6. The van der Waals surface area contributed by atoms with Crippen LogP contribution in [0.1, 0.15) is 200 Å². The number of nitrogens with one attached hydrogen (secondary N) is 1. The number of aliphatic hydroxyl groups excluding tert-OH is 5. The molecule has 1 amide bonds. The summed E-state index contributed by atoms with van der Waals surface area (Å²) < 4.78 is 11.2. The molecule has 0 aromatic heterocycles. The first-order valence-electron chi connectivity index (χ1n) is 21.9. The smallest absolute Gasteiger partial charge is 0.220 e. The van der Waals surface area contributed by atoms with E-state index in [-0.39, 0.29) is 12.5 Å². The molecule has 52 heavy (non-hydrogen) atoms. The minimum atomic E-state index is -1.56. The first-order valence-corrected chi connectivity index (χ1v) is 21.9. The normalized spacial score (nSPS) is 21.9. The van der Waals surface area contributed by atoms with E-state index in [2.05, 4.69) is 19.2 Å². The van der Waals surface area contributed by atoms with Gasteiger partial charge in [-0.05, 0) is 19.3 Å². The first kappa shape index (κ1) is 48.9. The maximum atomic E-state index is 12.9. The Bertz CT molecular complexity index is 827. The quantitative estimate of drug-likeness (QED) is 0.0277. The number of rotatable bonds is 36. The van der Waals surface area contributed by atoms with Gasteiger partial charge in [0.2, 0.25) is 5.91 Å². The highest BCUT2D eigenvalue weighted by atomic mass is 16.7. The fourth-order valence-electron chi connectivity index (χ4n) is 7.04. The van der Waals surface area contributed by atoms with Gasteiger partial charge in [-0.25, -0.2) is 0 Å². The Morgan fingerprint density at radius 2 is 1.06 bits per heavy atom. The summed E-state index contributed by atoms with van der Waals surface area (Å²) in [7, 11) is 0. The third kappa shape index (κ3) is 25.1. The summed E-state index contributed by atoms with van der Waals surface area (Å²) >= 11 is 0. The van der Waals surface area contributed by atoms with Crippen LogP contribution in [0.15, 0.2) is 12.2 Å². The SMILES string of the molecule is CCCCCCCCCCC/C=C/C(O)C(COC1OC(CO)C(O)C(O)C1O)NC(=O)CCCCCCCCCCCCCCCCCCCC. The van der Waals surface area contributed by atoms with Crippen LogP contribution in [-0.4, -0.2) is 87.5 Å². The van der Waals surface area contributed by atoms with Crippen LogP contribution in [0.2, 0.25) is 0 Å². The topological polar surface area (TPSA) is 149 Å². The summed E-state index contributed by atoms with van der Waals surface area (Å²) in [6.07, 6.45) is 31.1. The number of hydrogen-bond acceptors (Lipinski definition) is 8. The van der Waals surface area contributed by atoms with Crippen LogP contribution in [0, 0.1) is 0 Å². The Labute approximate surface area is 318 Å². The molecule has 9 nitrogen and oxygen atoms in total. The van der Waals surface area contributed by atoms with Gasteiger partial charge in [0.25, 0.3) is 0 Å². The maximum absolute atomic E-state index is 12.9. The highest BCUT2D eigenvalue weighted by Crippen LogP contribution is 2.22. The average Bonchev–Trinajstić information content (AvgIpc) is 3.14. The van der Waals surface area contributed by atoms with Crippen molar-refractivity contribution in [3.63, 3.8) is 0 Å². The largest absolute Gasteiger partial charge is 0.394 e. The van der Waals surface area contributed by atoms with Crippen LogP contribution < -0.4 is 5.32 Å². The van der Waals surface area contributed by atoms with E-state index in [0.29, 0.717) is 6.42 Å². The monoisotopic (exact) mass is 742 g/mol. The fourth-order valence-corrected chi connectivity index (χ4v) is 7.04. The molecule has 0 aromatic carbocycles. The number of ether oxygens (including phenoxy) is 2. The molecule has 0 saturated carbocycles. The van der Waals surface area contributed by atoms with E-state index >= 15 is 0 Å². The molecule has 308 valence electrons. The molecule has 9 heteroatoms. The van der Waals surface area contributed by atoms with Gasteiger partial charge in [0.05, 0.1) is 25.4 Å². The van der Waals surface area contributed by atoms with Crippen LogP contribution in [0.4, 0.5) is 0 Å². The Morgan fingerprint density at radius 1 is 0.635 bits per heavy atom. The number of unbranched alkanes of at least 4 members (excludes halogenated alkanes) is 26. The highest BCUT2D eigenvalue weighted by molar-refractivity contribution is 5.76. The molecule has 1 aliphatic rings. The Morgan fingerprint density at radius 3 is 1.50 bits per heavy atom. The second kappa shape index (κ2) is 34.4. The molecule has 1 rings (SSSR count). The summed E-state index contributed by atoms with van der Waals surface area (Å²) in [4.78, 5) is 12.9. The predicted molar refractivity (Wildman–Crippen MR) is 212 cm³/mol. The second-order valence-corrected chi connectivity index (χ2v) is 15.5. The molecule has 7 atom stereocenters. The van der Waals surface area contributed by atoms with Gasteiger partial charge < -0.3 is 40.3 Å². The van der Waals surface area contributed by atoms with Gasteiger partial charge in [-0.2, -0.15) is 0 Å². The Balaban J connectivity index is 2.34. The maximum Gasteiger partial charge on any atom is 0.220 e. The van der Waals surface area contributed by atoms with Crippen LogP contribution >= 0.6 is 0 Å². The summed E-state index contributed by atoms with van der Waals surface area (Å²) in [5.74, 6) is -0.176. The standard InChI is InChI=1S/C43H83NO8/c1-3-5-7-9-11-13-15-16-17-18-19-20-21-23-25-27-29-31-33-39(47)44-36(35-51-43-42(50)41(49)40(48)38(34-45)52-43)37(46)32-30-28-26-24-22-14-12-10-8-6-4-2/h30,32,36-38,40-43,45-46,48-50H,3-29,31,33-35H2,1-2H3,(H,44,47)/b32-30+. The Hall–Kier alpha value is -1.07. The molecule has 0 radical (unpaired) electrons. The van der Waals surface area contributed by atoms with E-state index in [1.165, 1.54) is 141 Å². The van der Waals surface area contributed by atoms with E-state index in [4.69, 9.17) is 9.47 Å². The summed E-state index contributed by atoms with van der Waals surface area (Å²) in [5.41, 5.74) is 0. The lowest BCUT2D eigenvalue weighted by Gasteiger charge is -2.40. The molecule has 1 aliphatic heterocycles. The molecular weight excluding hydrogens is 658 g/mol. The summed E-state index contributed by atoms with van der Waals surface area (Å²) in [6.45, 7) is 3.76. The number of hydrogen-bond donors (Lipinski definition) is 6. The summed E-state index contributed by atoms with van der Waals surface area (Å²) in [6, 6.07) is -0.796. The highest BCUT2D eigenvalue weighted by Gasteiger charge is 2.44. The number of aliphatic hydroxyl groups is 5. The minimum Gasteiger partial charge on any atom is -0.394 e. The number of amides is 1. The van der Waals surface area contributed by atoms with E-state index in [0.717, 1.165) is 38.5 Å². The number of carbonyl (C=O) groups excluding carboxylic acids is 1. The molecule has 0 bridgehead atoms. The molecule has 1 saturated heterocycles. The summed E-state index contributed by atoms with van der Waals surface area (Å²) in [5, 5.41) is 54.0. The van der Waals surface area contributed by atoms with Crippen molar-refractivity contribution in [2.75, 3.05) is 13.2 Å². The van der Waals surface area contributed by atoms with E-state index in [9.17, 15) is 30.3 Å². The number of allylic oxidation sites excluding steroid dienone is 1. The van der Waals surface area contributed by atoms with Crippen molar-refractivity contribution in [1.29, 1.82) is 0 Å². The van der Waals surface area contributed by atoms with Crippen molar-refractivity contribution in [3.05, 3.63) is 12.2 Å². The van der Waals surface area contributed by atoms with E-state index < -0.39 is 49.5 Å². The molecule has 6 N–H and O–H groups in total. The van der Waals surface area contributed by atoms with Gasteiger partial charge in [-0.15, -0.1) is 0 Å². The molecule has 7 unspecified atom stereocenters. The van der Waals surface area contributed by atoms with Gasteiger partial charge in [0, 0.05) is 6.42 Å². The van der Waals surface area contributed by atoms with Gasteiger partial charge in [0.15, 0.2) is 6.29 Å². The van der Waals surface area contributed by atoms with E-state index in [1.54, 1.807) is 6.08 Å². The zero-order valence-electron chi connectivity index (χ0n) is 33.6. The number of carbonyl (C=O) groups is 1. The van der Waals surface area contributed by atoms with Crippen molar-refractivity contribution in [2.24, 2.45) is 0 Å². The average molecular weight is 742 g/mol. The third-order valence-electron chi connectivity index (χ3n) is 10.6. The lowest BCUT2D eigenvalue weighted by Crippen LogP contribution is -2.60. The Kier molecular flexibility index (Phi) is 32.4. The van der Waals surface area contributed by atoms with Crippen molar-refractivity contribution in [2.45, 2.75) is 243 Å². The second-order valence-electron chi connectivity index (χ2n) is 15.5. The fraction of sp³-hybridized carbons (Fsp3) is 0.930. The van der Waals surface area contributed by atoms with Gasteiger partial charge in [0.1, 0.15) is 24.4 Å². The van der Waals surface area contributed by atoms with Crippen molar-refractivity contribution in [3.8, 4) is 0 Å².